The first kappa shape index (κ1) is 18.5. The number of hydrogen-bond acceptors (Lipinski definition) is 4. The van der Waals surface area contributed by atoms with Gasteiger partial charge in [-0.25, -0.2) is 9.97 Å². The number of pyridine rings is 2. The number of rotatable bonds is 3. The molecule has 0 spiro atoms. The fourth-order valence-corrected chi connectivity index (χ4v) is 4.78. The van der Waals surface area contributed by atoms with E-state index in [0.29, 0.717) is 23.8 Å². The molecule has 2 aliphatic rings. The highest BCUT2D eigenvalue weighted by atomic mass is 35.5. The van der Waals surface area contributed by atoms with Crippen LogP contribution in [-0.4, -0.2) is 38.0 Å². The second kappa shape index (κ2) is 7.39. The maximum absolute atomic E-state index is 13.3. The monoisotopic (exact) mass is 407 g/mol. The van der Waals surface area contributed by atoms with Crippen LogP contribution in [0.1, 0.15) is 53.0 Å². The fraction of sp³-hybridized carbons (Fsp3) is 0.348. The third-order valence-corrected chi connectivity index (χ3v) is 6.37. The number of carbonyl (C=O) groups is 1. The van der Waals surface area contributed by atoms with E-state index in [2.05, 4.69) is 17.1 Å². The zero-order chi connectivity index (χ0) is 20.0. The molecule has 2 unspecified atom stereocenters. The van der Waals surface area contributed by atoms with E-state index in [4.69, 9.17) is 16.6 Å². The summed E-state index contributed by atoms with van der Waals surface area (Å²) in [5, 5.41) is 13.1. The van der Waals surface area contributed by atoms with Gasteiger partial charge in [-0.15, -0.1) is 0 Å². The molecule has 148 valence electrons. The van der Waals surface area contributed by atoms with E-state index in [1.165, 1.54) is 0 Å². The van der Waals surface area contributed by atoms with Gasteiger partial charge >= 0.3 is 0 Å². The van der Waals surface area contributed by atoms with Crippen molar-refractivity contribution in [3.63, 3.8) is 0 Å². The molecule has 1 aliphatic heterocycles. The van der Waals surface area contributed by atoms with Gasteiger partial charge < -0.3 is 10.0 Å². The molecule has 5 nitrogen and oxygen atoms in total. The van der Waals surface area contributed by atoms with Crippen LogP contribution in [0, 0.1) is 0 Å². The quantitative estimate of drug-likeness (QED) is 0.663. The maximum atomic E-state index is 13.3. The van der Waals surface area contributed by atoms with Crippen molar-refractivity contribution < 1.29 is 9.90 Å². The van der Waals surface area contributed by atoms with Crippen molar-refractivity contribution in [2.24, 2.45) is 0 Å². The first-order chi connectivity index (χ1) is 14.1. The van der Waals surface area contributed by atoms with Crippen LogP contribution in [-0.2, 0) is 13.0 Å². The molecule has 0 saturated heterocycles. The fourth-order valence-electron chi connectivity index (χ4n) is 4.67. The summed E-state index contributed by atoms with van der Waals surface area (Å²) >= 11 is 5.91. The van der Waals surface area contributed by atoms with Crippen LogP contribution >= 0.6 is 11.6 Å². The zero-order valence-corrected chi connectivity index (χ0v) is 16.8. The van der Waals surface area contributed by atoms with Crippen LogP contribution in [0.5, 0.6) is 0 Å². The third kappa shape index (κ3) is 3.28. The maximum Gasteiger partial charge on any atom is 0.273 e. The Kier molecular flexibility index (Phi) is 4.72. The van der Waals surface area contributed by atoms with Gasteiger partial charge in [0.25, 0.3) is 5.91 Å². The van der Waals surface area contributed by atoms with Crippen molar-refractivity contribution in [2.75, 3.05) is 0 Å². The van der Waals surface area contributed by atoms with Crippen molar-refractivity contribution >= 4 is 28.3 Å². The van der Waals surface area contributed by atoms with Gasteiger partial charge in [-0.05, 0) is 29.9 Å². The lowest BCUT2D eigenvalue weighted by Gasteiger charge is -2.34. The van der Waals surface area contributed by atoms with Crippen LogP contribution in [0.25, 0.3) is 10.8 Å². The van der Waals surface area contributed by atoms with E-state index in [-0.39, 0.29) is 11.9 Å². The van der Waals surface area contributed by atoms with Crippen molar-refractivity contribution in [2.45, 2.75) is 50.8 Å². The molecule has 29 heavy (non-hydrogen) atoms. The average Bonchev–Trinajstić information content (AvgIpc) is 3.07. The molecule has 0 radical (unpaired) electrons. The van der Waals surface area contributed by atoms with Gasteiger partial charge in [-0.3, -0.25) is 4.79 Å². The molecule has 2 aromatic heterocycles. The Hall–Kier alpha value is -2.50. The normalized spacial score (nSPS) is 21.6. The Morgan fingerprint density at radius 1 is 1.10 bits per heavy atom. The lowest BCUT2D eigenvalue weighted by molar-refractivity contribution is 0.0190. The standard InChI is InChI=1S/C23H22ClN3O2/c24-21-10-9-14(12-25-21)11-18-16-6-2-1-5-15(16)17-13-27(23(29)22(17)26-18)19-7-3-4-8-20(19)28/h1-2,5-6,9-10,12,19-20,28H,3-4,7-8,11,13H2. The largest absolute Gasteiger partial charge is 0.391 e. The van der Waals surface area contributed by atoms with E-state index in [1.54, 1.807) is 12.3 Å². The topological polar surface area (TPSA) is 66.3 Å². The number of amides is 1. The van der Waals surface area contributed by atoms with E-state index in [0.717, 1.165) is 53.3 Å². The summed E-state index contributed by atoms with van der Waals surface area (Å²) in [5.41, 5.74) is 3.36. The Balaban J connectivity index is 1.56. The van der Waals surface area contributed by atoms with Gasteiger partial charge in [-0.1, -0.05) is 54.8 Å². The summed E-state index contributed by atoms with van der Waals surface area (Å²) in [6.07, 6.45) is 5.55. The number of aromatic nitrogens is 2. The molecule has 1 saturated carbocycles. The molecule has 1 aliphatic carbocycles. The minimum atomic E-state index is -0.451. The van der Waals surface area contributed by atoms with Crippen molar-refractivity contribution in [3.8, 4) is 0 Å². The van der Waals surface area contributed by atoms with Crippen LogP contribution < -0.4 is 0 Å². The smallest absolute Gasteiger partial charge is 0.273 e. The van der Waals surface area contributed by atoms with E-state index in [9.17, 15) is 9.90 Å². The highest BCUT2D eigenvalue weighted by molar-refractivity contribution is 6.29. The number of fused-ring (bicyclic) bond motifs is 3. The summed E-state index contributed by atoms with van der Waals surface area (Å²) in [5.74, 6) is -0.0628. The SMILES string of the molecule is O=C1c2nc(Cc3ccc(Cl)nc3)c3ccccc3c2CN1C1CCCCC1O. The van der Waals surface area contributed by atoms with Gasteiger partial charge in [-0.2, -0.15) is 0 Å². The molecule has 1 fully saturated rings. The lowest BCUT2D eigenvalue weighted by atomic mass is 9.91. The van der Waals surface area contributed by atoms with E-state index >= 15 is 0 Å². The molecule has 5 rings (SSSR count). The number of nitrogens with zero attached hydrogens (tertiary/aromatic N) is 3. The number of aliphatic hydroxyl groups excluding tert-OH is 1. The predicted molar refractivity (Wildman–Crippen MR) is 112 cm³/mol. The molecule has 3 aromatic rings. The summed E-state index contributed by atoms with van der Waals surface area (Å²) in [4.78, 5) is 24.1. The van der Waals surface area contributed by atoms with Crippen molar-refractivity contribution in [1.82, 2.24) is 14.9 Å². The van der Waals surface area contributed by atoms with E-state index < -0.39 is 6.10 Å². The van der Waals surface area contributed by atoms with Crippen LogP contribution in [0.3, 0.4) is 0 Å². The molecule has 1 N–H and O–H groups in total. The third-order valence-electron chi connectivity index (χ3n) is 6.14. The van der Waals surface area contributed by atoms with Gasteiger partial charge in [0.15, 0.2) is 0 Å². The summed E-state index contributed by atoms with van der Waals surface area (Å²) in [7, 11) is 0. The second-order valence-electron chi connectivity index (χ2n) is 7.95. The molecule has 2 atom stereocenters. The number of halogens is 1. The lowest BCUT2D eigenvalue weighted by Crippen LogP contribution is -2.45. The molecular weight excluding hydrogens is 386 g/mol. The molecule has 0 bridgehead atoms. The summed E-state index contributed by atoms with van der Waals surface area (Å²) in [6.45, 7) is 0.520. The van der Waals surface area contributed by atoms with Crippen LogP contribution in [0.2, 0.25) is 5.15 Å². The van der Waals surface area contributed by atoms with Crippen LogP contribution in [0.15, 0.2) is 42.6 Å². The second-order valence-corrected chi connectivity index (χ2v) is 8.34. The number of carbonyl (C=O) groups excluding carboxylic acids is 1. The Morgan fingerprint density at radius 2 is 1.90 bits per heavy atom. The predicted octanol–water partition coefficient (Wildman–Crippen LogP) is 4.13. The number of benzene rings is 1. The summed E-state index contributed by atoms with van der Waals surface area (Å²) in [6, 6.07) is 11.7. The van der Waals surface area contributed by atoms with Gasteiger partial charge in [0, 0.05) is 30.1 Å². The summed E-state index contributed by atoms with van der Waals surface area (Å²) < 4.78 is 0. The van der Waals surface area contributed by atoms with Crippen molar-refractivity contribution in [1.29, 1.82) is 0 Å². The molecule has 3 heterocycles. The van der Waals surface area contributed by atoms with Gasteiger partial charge in [0.05, 0.1) is 17.8 Å². The van der Waals surface area contributed by atoms with Crippen molar-refractivity contribution in [3.05, 3.63) is 70.3 Å². The average molecular weight is 408 g/mol. The van der Waals surface area contributed by atoms with Crippen LogP contribution in [0.4, 0.5) is 0 Å². The van der Waals surface area contributed by atoms with E-state index in [1.807, 2.05) is 23.1 Å². The Bertz CT molecular complexity index is 1080. The zero-order valence-electron chi connectivity index (χ0n) is 16.0. The molecule has 6 heteroatoms. The highest BCUT2D eigenvalue weighted by Gasteiger charge is 2.39. The molecular formula is C23H22ClN3O2. The number of hydrogen-bond donors (Lipinski definition) is 1. The Morgan fingerprint density at radius 3 is 2.66 bits per heavy atom. The van der Waals surface area contributed by atoms with Gasteiger partial charge in [0.1, 0.15) is 10.8 Å². The molecule has 1 amide bonds. The minimum Gasteiger partial charge on any atom is -0.391 e. The number of aliphatic hydroxyl groups is 1. The van der Waals surface area contributed by atoms with Gasteiger partial charge in [0.2, 0.25) is 0 Å². The molecule has 1 aromatic carbocycles. The Labute approximate surface area is 174 Å². The highest BCUT2D eigenvalue weighted by Crippen LogP contribution is 2.35. The first-order valence-corrected chi connectivity index (χ1v) is 10.5. The first-order valence-electron chi connectivity index (χ1n) is 10.1. The minimum absolute atomic E-state index is 0.0628.